The highest BCUT2D eigenvalue weighted by Crippen LogP contribution is 2.50. The number of hydrogen-bond donors (Lipinski definition) is 2. The SMILES string of the molecule is OCc1ccc(CC2CC3CC(OO)C2C3)o1. The Balaban J connectivity index is 1.66. The van der Waals surface area contributed by atoms with E-state index in [1.807, 2.05) is 12.1 Å². The average Bonchev–Trinajstić information content (AvgIpc) is 3.02. The smallest absolute Gasteiger partial charge is 0.129 e. The Morgan fingerprint density at radius 2 is 2.06 bits per heavy atom. The predicted molar refractivity (Wildman–Crippen MR) is 60.2 cm³/mol. The summed E-state index contributed by atoms with van der Waals surface area (Å²) in [4.78, 5) is 4.57. The summed E-state index contributed by atoms with van der Waals surface area (Å²) >= 11 is 0. The van der Waals surface area contributed by atoms with Crippen molar-refractivity contribution in [1.29, 1.82) is 0 Å². The van der Waals surface area contributed by atoms with Gasteiger partial charge in [-0.1, -0.05) is 0 Å². The molecule has 2 saturated carbocycles. The molecule has 0 spiro atoms. The van der Waals surface area contributed by atoms with Crippen molar-refractivity contribution in [2.45, 2.75) is 38.4 Å². The zero-order valence-corrected chi connectivity index (χ0v) is 9.71. The molecular weight excluding hydrogens is 220 g/mol. The van der Waals surface area contributed by atoms with Gasteiger partial charge in [0.2, 0.25) is 0 Å². The summed E-state index contributed by atoms with van der Waals surface area (Å²) < 4.78 is 5.52. The Morgan fingerprint density at radius 1 is 1.24 bits per heavy atom. The van der Waals surface area contributed by atoms with E-state index in [0.717, 1.165) is 18.6 Å². The molecule has 0 aromatic carbocycles. The van der Waals surface area contributed by atoms with Crippen LogP contribution in [-0.2, 0) is 17.9 Å². The van der Waals surface area contributed by atoms with E-state index in [1.54, 1.807) is 0 Å². The second-order valence-corrected chi connectivity index (χ2v) is 5.37. The van der Waals surface area contributed by atoms with Gasteiger partial charge in [0.15, 0.2) is 0 Å². The first-order valence-corrected chi connectivity index (χ1v) is 6.28. The molecule has 1 aromatic heterocycles. The van der Waals surface area contributed by atoms with Crippen LogP contribution in [0.5, 0.6) is 0 Å². The first-order valence-electron chi connectivity index (χ1n) is 6.28. The van der Waals surface area contributed by atoms with Gasteiger partial charge in [0.1, 0.15) is 18.1 Å². The van der Waals surface area contributed by atoms with Gasteiger partial charge in [-0.3, -0.25) is 5.26 Å². The molecule has 4 heteroatoms. The van der Waals surface area contributed by atoms with Crippen LogP contribution in [0.15, 0.2) is 16.5 Å². The lowest BCUT2D eigenvalue weighted by Crippen LogP contribution is -2.27. The molecule has 3 rings (SSSR count). The van der Waals surface area contributed by atoms with Crippen LogP contribution in [0, 0.1) is 17.8 Å². The third-order valence-electron chi connectivity index (χ3n) is 4.36. The van der Waals surface area contributed by atoms with Crippen molar-refractivity contribution in [3.63, 3.8) is 0 Å². The van der Waals surface area contributed by atoms with Crippen molar-refractivity contribution in [2.75, 3.05) is 0 Å². The quantitative estimate of drug-likeness (QED) is 0.623. The molecule has 4 unspecified atom stereocenters. The van der Waals surface area contributed by atoms with E-state index >= 15 is 0 Å². The van der Waals surface area contributed by atoms with Crippen molar-refractivity contribution in [3.8, 4) is 0 Å². The Bertz CT molecular complexity index is 387. The molecule has 4 atom stereocenters. The van der Waals surface area contributed by atoms with Crippen LogP contribution in [0.2, 0.25) is 0 Å². The molecule has 1 aromatic rings. The van der Waals surface area contributed by atoms with Crippen LogP contribution in [0.1, 0.15) is 30.8 Å². The second kappa shape index (κ2) is 4.44. The molecule has 17 heavy (non-hydrogen) atoms. The minimum absolute atomic E-state index is 0.0195. The molecule has 2 aliphatic carbocycles. The van der Waals surface area contributed by atoms with Crippen LogP contribution < -0.4 is 0 Å². The first kappa shape index (κ1) is 11.3. The molecule has 2 fully saturated rings. The van der Waals surface area contributed by atoms with Crippen LogP contribution in [-0.4, -0.2) is 16.5 Å². The number of aliphatic hydroxyl groups is 1. The van der Waals surface area contributed by atoms with Crippen LogP contribution in [0.3, 0.4) is 0 Å². The molecule has 1 heterocycles. The summed E-state index contributed by atoms with van der Waals surface area (Å²) in [5.74, 6) is 3.27. The molecule has 2 aliphatic rings. The topological polar surface area (TPSA) is 62.8 Å². The van der Waals surface area contributed by atoms with Gasteiger partial charge >= 0.3 is 0 Å². The van der Waals surface area contributed by atoms with Gasteiger partial charge in [-0.05, 0) is 49.1 Å². The maximum atomic E-state index is 8.95. The Morgan fingerprint density at radius 3 is 2.71 bits per heavy atom. The molecular formula is C13H18O4. The summed E-state index contributed by atoms with van der Waals surface area (Å²) in [6, 6.07) is 3.76. The van der Waals surface area contributed by atoms with Gasteiger partial charge in [-0.2, -0.15) is 0 Å². The van der Waals surface area contributed by atoms with Gasteiger partial charge in [0, 0.05) is 6.42 Å². The Hall–Kier alpha value is -0.840. The summed E-state index contributed by atoms with van der Waals surface area (Å²) in [7, 11) is 0. The molecule has 0 saturated heterocycles. The summed E-state index contributed by atoms with van der Waals surface area (Å²) in [5.41, 5.74) is 0. The summed E-state index contributed by atoms with van der Waals surface area (Å²) in [5, 5.41) is 17.8. The summed E-state index contributed by atoms with van der Waals surface area (Å²) in [6.45, 7) is -0.0426. The van der Waals surface area contributed by atoms with Gasteiger partial charge in [0.25, 0.3) is 0 Å². The fraction of sp³-hybridized carbons (Fsp3) is 0.692. The lowest BCUT2D eigenvalue weighted by atomic mass is 9.84. The monoisotopic (exact) mass is 238 g/mol. The molecule has 0 amide bonds. The van der Waals surface area contributed by atoms with Gasteiger partial charge in [-0.15, -0.1) is 0 Å². The fourth-order valence-corrected chi connectivity index (χ4v) is 3.66. The number of aliphatic hydroxyl groups excluding tert-OH is 1. The van der Waals surface area contributed by atoms with Crippen LogP contribution in [0.4, 0.5) is 0 Å². The number of fused-ring (bicyclic) bond motifs is 2. The number of rotatable bonds is 4. The van der Waals surface area contributed by atoms with Gasteiger partial charge in [-0.25, -0.2) is 4.89 Å². The molecule has 0 radical (unpaired) electrons. The van der Waals surface area contributed by atoms with E-state index in [-0.39, 0.29) is 12.7 Å². The highest BCUT2D eigenvalue weighted by atomic mass is 17.1. The zero-order valence-electron chi connectivity index (χ0n) is 9.71. The molecule has 2 bridgehead atoms. The van der Waals surface area contributed by atoms with Crippen molar-refractivity contribution in [2.24, 2.45) is 17.8 Å². The van der Waals surface area contributed by atoms with E-state index in [0.29, 0.717) is 23.5 Å². The fourth-order valence-electron chi connectivity index (χ4n) is 3.66. The van der Waals surface area contributed by atoms with Crippen molar-refractivity contribution < 1.29 is 19.7 Å². The lowest BCUT2D eigenvalue weighted by molar-refractivity contribution is -0.291. The van der Waals surface area contributed by atoms with E-state index in [4.69, 9.17) is 14.8 Å². The van der Waals surface area contributed by atoms with E-state index < -0.39 is 0 Å². The normalized spacial score (nSPS) is 35.6. The first-order chi connectivity index (χ1) is 8.30. The van der Waals surface area contributed by atoms with Crippen molar-refractivity contribution >= 4 is 0 Å². The molecule has 4 nitrogen and oxygen atoms in total. The zero-order chi connectivity index (χ0) is 11.8. The van der Waals surface area contributed by atoms with E-state index in [2.05, 4.69) is 4.89 Å². The largest absolute Gasteiger partial charge is 0.464 e. The third kappa shape index (κ3) is 2.01. The second-order valence-electron chi connectivity index (χ2n) is 5.37. The average molecular weight is 238 g/mol. The number of hydrogen-bond acceptors (Lipinski definition) is 4. The minimum atomic E-state index is -0.0426. The highest BCUT2D eigenvalue weighted by Gasteiger charge is 2.47. The minimum Gasteiger partial charge on any atom is -0.464 e. The van der Waals surface area contributed by atoms with Gasteiger partial charge in [0.05, 0.1) is 6.10 Å². The van der Waals surface area contributed by atoms with Crippen molar-refractivity contribution in [3.05, 3.63) is 23.7 Å². The Kier molecular flexibility index (Phi) is 2.94. The van der Waals surface area contributed by atoms with Crippen LogP contribution >= 0.6 is 0 Å². The van der Waals surface area contributed by atoms with Gasteiger partial charge < -0.3 is 9.52 Å². The van der Waals surface area contributed by atoms with E-state index in [1.165, 1.54) is 12.8 Å². The Labute approximate surface area is 100 Å². The molecule has 2 N–H and O–H groups in total. The molecule has 94 valence electrons. The summed E-state index contributed by atoms with van der Waals surface area (Å²) in [6.07, 6.45) is 4.29. The lowest BCUT2D eigenvalue weighted by Gasteiger charge is -2.26. The third-order valence-corrected chi connectivity index (χ3v) is 4.36. The van der Waals surface area contributed by atoms with Crippen LogP contribution in [0.25, 0.3) is 0 Å². The number of furan rings is 1. The maximum Gasteiger partial charge on any atom is 0.129 e. The van der Waals surface area contributed by atoms with E-state index in [9.17, 15) is 0 Å². The standard InChI is InChI=1S/C13H18O4/c14-7-11-2-1-10(16-11)6-9-3-8-4-12(9)13(5-8)17-15/h1-2,8-9,12-15H,3-7H2. The molecule has 0 aliphatic heterocycles. The highest BCUT2D eigenvalue weighted by molar-refractivity contribution is 5.09. The maximum absolute atomic E-state index is 8.95. The predicted octanol–water partition coefficient (Wildman–Crippen LogP) is 2.22. The van der Waals surface area contributed by atoms with Crippen molar-refractivity contribution in [1.82, 2.24) is 0 Å².